The van der Waals surface area contributed by atoms with E-state index in [1.165, 1.54) is 5.56 Å². The standard InChI is InChI=1S/C26H25N3O4/c1-2-23(31-11-1)25-21(17-27-28-25)26(29-9-12-30-13-10-29)19-5-3-18(4-6-19)20-7-8-22-24(16-20)33-15-14-32-22/h1-8,11,16-17,26H,9-10,12-15H2,(H,27,28). The van der Waals surface area contributed by atoms with Gasteiger partial charge in [-0.2, -0.15) is 5.10 Å². The highest BCUT2D eigenvalue weighted by molar-refractivity contribution is 5.68. The fourth-order valence-corrected chi connectivity index (χ4v) is 4.62. The Bertz CT molecular complexity index is 1210. The first-order valence-electron chi connectivity index (χ1n) is 11.3. The molecule has 0 amide bonds. The molecule has 2 aliphatic rings. The lowest BCUT2D eigenvalue weighted by Gasteiger charge is -2.34. The first-order chi connectivity index (χ1) is 16.4. The fraction of sp³-hybridized carbons (Fsp3) is 0.269. The van der Waals surface area contributed by atoms with Crippen molar-refractivity contribution < 1.29 is 18.6 Å². The lowest BCUT2D eigenvalue weighted by Crippen LogP contribution is -2.39. The zero-order valence-corrected chi connectivity index (χ0v) is 18.2. The van der Waals surface area contributed by atoms with Crippen molar-refractivity contribution in [2.45, 2.75) is 6.04 Å². The Hall–Kier alpha value is -3.55. The number of hydrogen-bond donors (Lipinski definition) is 1. The highest BCUT2D eigenvalue weighted by atomic mass is 16.6. The molecule has 2 aromatic carbocycles. The van der Waals surface area contributed by atoms with Gasteiger partial charge in [0.25, 0.3) is 0 Å². The van der Waals surface area contributed by atoms with E-state index >= 15 is 0 Å². The van der Waals surface area contributed by atoms with Gasteiger partial charge in [-0.25, -0.2) is 0 Å². The van der Waals surface area contributed by atoms with E-state index in [9.17, 15) is 0 Å². The van der Waals surface area contributed by atoms with Crippen molar-refractivity contribution in [3.8, 4) is 34.1 Å². The molecule has 33 heavy (non-hydrogen) atoms. The predicted octanol–water partition coefficient (Wildman–Crippen LogP) is 4.53. The van der Waals surface area contributed by atoms with Gasteiger partial charge < -0.3 is 18.6 Å². The fourth-order valence-electron chi connectivity index (χ4n) is 4.62. The maximum absolute atomic E-state index is 5.76. The third-order valence-corrected chi connectivity index (χ3v) is 6.23. The van der Waals surface area contributed by atoms with Gasteiger partial charge in [-0.05, 0) is 41.0 Å². The number of aromatic amines is 1. The molecule has 6 rings (SSSR count). The predicted molar refractivity (Wildman–Crippen MR) is 123 cm³/mol. The molecular weight excluding hydrogens is 418 g/mol. The van der Waals surface area contributed by atoms with Crippen LogP contribution >= 0.6 is 0 Å². The lowest BCUT2D eigenvalue weighted by molar-refractivity contribution is 0.0240. The van der Waals surface area contributed by atoms with E-state index in [0.29, 0.717) is 13.2 Å². The van der Waals surface area contributed by atoms with Crippen LogP contribution in [0.3, 0.4) is 0 Å². The molecule has 0 aliphatic carbocycles. The minimum absolute atomic E-state index is 0.0436. The smallest absolute Gasteiger partial charge is 0.161 e. The van der Waals surface area contributed by atoms with E-state index in [1.54, 1.807) is 6.26 Å². The SMILES string of the molecule is c1coc(-c2n[nH]cc2C(c2ccc(-c3ccc4c(c3)OCCO4)cc2)N2CCOCC2)c1. The molecule has 0 saturated carbocycles. The Kier molecular flexibility index (Phi) is 5.34. The zero-order chi connectivity index (χ0) is 22.0. The van der Waals surface area contributed by atoms with Crippen LogP contribution in [0.5, 0.6) is 11.5 Å². The largest absolute Gasteiger partial charge is 0.486 e. The number of aromatic nitrogens is 2. The van der Waals surface area contributed by atoms with Crippen LogP contribution in [0.4, 0.5) is 0 Å². The van der Waals surface area contributed by atoms with Crippen molar-refractivity contribution in [3.05, 3.63) is 78.2 Å². The van der Waals surface area contributed by atoms with Gasteiger partial charge in [-0.15, -0.1) is 0 Å². The van der Waals surface area contributed by atoms with E-state index in [1.807, 2.05) is 30.5 Å². The number of H-pyrrole nitrogens is 1. The van der Waals surface area contributed by atoms with Crippen molar-refractivity contribution >= 4 is 0 Å². The number of hydrogen-bond acceptors (Lipinski definition) is 6. The number of furan rings is 1. The number of rotatable bonds is 5. The third kappa shape index (κ3) is 3.90. The Morgan fingerprint density at radius 1 is 0.848 bits per heavy atom. The molecule has 7 nitrogen and oxygen atoms in total. The van der Waals surface area contributed by atoms with Gasteiger partial charge in [0.15, 0.2) is 17.3 Å². The van der Waals surface area contributed by atoms with Gasteiger partial charge in [-0.3, -0.25) is 10.00 Å². The first-order valence-corrected chi connectivity index (χ1v) is 11.3. The monoisotopic (exact) mass is 443 g/mol. The summed E-state index contributed by atoms with van der Waals surface area (Å²) in [7, 11) is 0. The number of benzene rings is 2. The maximum atomic E-state index is 5.76. The summed E-state index contributed by atoms with van der Waals surface area (Å²) in [5.41, 5.74) is 5.38. The summed E-state index contributed by atoms with van der Waals surface area (Å²) >= 11 is 0. The summed E-state index contributed by atoms with van der Waals surface area (Å²) in [6, 6.07) is 18.7. The van der Waals surface area contributed by atoms with Crippen molar-refractivity contribution in [2.75, 3.05) is 39.5 Å². The number of nitrogens with one attached hydrogen (secondary N) is 1. The molecule has 168 valence electrons. The van der Waals surface area contributed by atoms with Gasteiger partial charge in [0.05, 0.1) is 25.5 Å². The number of nitrogens with zero attached hydrogens (tertiary/aromatic N) is 2. The van der Waals surface area contributed by atoms with Crippen molar-refractivity contribution in [1.29, 1.82) is 0 Å². The first kappa shape index (κ1) is 20.1. The Balaban J connectivity index is 1.36. The van der Waals surface area contributed by atoms with Crippen molar-refractivity contribution in [3.63, 3.8) is 0 Å². The average molecular weight is 444 g/mol. The summed E-state index contributed by atoms with van der Waals surface area (Å²) in [5.74, 6) is 2.37. The average Bonchev–Trinajstić information content (AvgIpc) is 3.58. The molecule has 1 fully saturated rings. The summed E-state index contributed by atoms with van der Waals surface area (Å²) in [6.45, 7) is 4.34. The van der Waals surface area contributed by atoms with E-state index in [-0.39, 0.29) is 6.04 Å². The zero-order valence-electron chi connectivity index (χ0n) is 18.2. The number of ether oxygens (including phenoxy) is 3. The molecule has 0 spiro atoms. The minimum atomic E-state index is 0.0436. The van der Waals surface area contributed by atoms with Gasteiger partial charge in [0.1, 0.15) is 18.9 Å². The molecule has 4 heterocycles. The van der Waals surface area contributed by atoms with Crippen LogP contribution in [0, 0.1) is 0 Å². The normalized spacial score (nSPS) is 17.1. The topological polar surface area (TPSA) is 72.8 Å². The van der Waals surface area contributed by atoms with Crippen LogP contribution in [0.25, 0.3) is 22.6 Å². The summed E-state index contributed by atoms with van der Waals surface area (Å²) in [4.78, 5) is 2.44. The molecular formula is C26H25N3O4. The summed E-state index contributed by atoms with van der Waals surface area (Å²) in [5, 5.41) is 7.55. The van der Waals surface area contributed by atoms with E-state index in [2.05, 4.69) is 45.4 Å². The second-order valence-corrected chi connectivity index (χ2v) is 8.20. The summed E-state index contributed by atoms with van der Waals surface area (Å²) in [6.07, 6.45) is 3.66. The van der Waals surface area contributed by atoms with Crippen molar-refractivity contribution in [1.82, 2.24) is 15.1 Å². The quantitative estimate of drug-likeness (QED) is 0.489. The molecule has 2 aliphatic heterocycles. The Morgan fingerprint density at radius 3 is 2.42 bits per heavy atom. The molecule has 1 atom stereocenters. The van der Waals surface area contributed by atoms with Crippen LogP contribution in [0.15, 0.2) is 71.5 Å². The van der Waals surface area contributed by atoms with Gasteiger partial charge in [-0.1, -0.05) is 30.3 Å². The van der Waals surface area contributed by atoms with Gasteiger partial charge in [0, 0.05) is 24.8 Å². The van der Waals surface area contributed by atoms with Crippen molar-refractivity contribution in [2.24, 2.45) is 0 Å². The van der Waals surface area contributed by atoms with E-state index in [4.69, 9.17) is 18.6 Å². The minimum Gasteiger partial charge on any atom is -0.486 e. The van der Waals surface area contributed by atoms with Gasteiger partial charge >= 0.3 is 0 Å². The molecule has 0 radical (unpaired) electrons. The molecule has 4 aromatic rings. The Morgan fingerprint density at radius 2 is 1.64 bits per heavy atom. The van der Waals surface area contributed by atoms with Crippen LogP contribution in [-0.4, -0.2) is 54.6 Å². The Labute approximate surface area is 191 Å². The number of fused-ring (bicyclic) bond motifs is 1. The van der Waals surface area contributed by atoms with Crippen LogP contribution < -0.4 is 9.47 Å². The molecule has 0 bridgehead atoms. The molecule has 1 N–H and O–H groups in total. The second kappa shape index (κ2) is 8.77. The molecule has 1 saturated heterocycles. The maximum Gasteiger partial charge on any atom is 0.161 e. The second-order valence-electron chi connectivity index (χ2n) is 8.20. The highest BCUT2D eigenvalue weighted by Crippen LogP contribution is 2.38. The van der Waals surface area contributed by atoms with Crippen LogP contribution in [-0.2, 0) is 4.74 Å². The van der Waals surface area contributed by atoms with Crippen LogP contribution in [0.1, 0.15) is 17.2 Å². The molecule has 1 unspecified atom stereocenters. The molecule has 2 aromatic heterocycles. The lowest BCUT2D eigenvalue weighted by atomic mass is 9.94. The number of morpholine rings is 1. The van der Waals surface area contributed by atoms with E-state index < -0.39 is 0 Å². The van der Waals surface area contributed by atoms with E-state index in [0.717, 1.165) is 65.9 Å². The van der Waals surface area contributed by atoms with Gasteiger partial charge in [0.2, 0.25) is 0 Å². The molecule has 7 heteroatoms. The summed E-state index contributed by atoms with van der Waals surface area (Å²) < 4.78 is 22.7. The highest BCUT2D eigenvalue weighted by Gasteiger charge is 2.29. The third-order valence-electron chi connectivity index (χ3n) is 6.23. The van der Waals surface area contributed by atoms with Crippen LogP contribution in [0.2, 0.25) is 0 Å².